The van der Waals surface area contributed by atoms with Gasteiger partial charge in [0, 0.05) is 17.2 Å². The Labute approximate surface area is 190 Å². The Morgan fingerprint density at radius 3 is 1.81 bits per heavy atom. The topological polar surface area (TPSA) is 67.4 Å². The first kappa shape index (κ1) is 24.8. The van der Waals surface area contributed by atoms with Crippen LogP contribution in [0.25, 0.3) is 0 Å². The number of alkyl carbamates (subject to hydrolysis) is 1. The molecule has 168 valence electrons. The van der Waals surface area contributed by atoms with Gasteiger partial charge in [-0.1, -0.05) is 60.7 Å². The van der Waals surface area contributed by atoms with E-state index >= 15 is 0 Å². The van der Waals surface area contributed by atoms with E-state index in [4.69, 9.17) is 4.74 Å². The number of thioether (sulfide) groups is 1. The van der Waals surface area contributed by atoms with Crippen molar-refractivity contribution >= 4 is 23.8 Å². The average Bonchev–Trinajstić information content (AvgIpc) is 2.72. The highest BCUT2D eigenvalue weighted by molar-refractivity contribution is 8.00. The van der Waals surface area contributed by atoms with Gasteiger partial charge in [0.1, 0.15) is 11.6 Å². The Morgan fingerprint density at radius 2 is 1.39 bits per heavy atom. The van der Waals surface area contributed by atoms with Crippen molar-refractivity contribution in [3.8, 4) is 0 Å². The molecule has 0 aromatic heterocycles. The third kappa shape index (κ3) is 7.62. The number of hydrogen-bond acceptors (Lipinski definition) is 4. The standard InChI is InChI=1S/C25H34N2O3S/c1-24(2,3)30-23(29)27-21(25(4,5)31-6)22(28)26-17-20(18-13-9-7-10-14-18)19-15-11-8-12-16-19/h7-16,20-21H,17H2,1-6H3,(H,26,28)(H,27,29). The molecule has 2 N–H and O–H groups in total. The number of rotatable bonds is 8. The molecule has 0 radical (unpaired) electrons. The van der Waals surface area contributed by atoms with Gasteiger partial charge in [0.15, 0.2) is 0 Å². The molecule has 2 amide bonds. The fourth-order valence-corrected chi connectivity index (χ4v) is 3.60. The van der Waals surface area contributed by atoms with Crippen LogP contribution in [0.2, 0.25) is 0 Å². The van der Waals surface area contributed by atoms with Gasteiger partial charge in [0.05, 0.1) is 0 Å². The quantitative estimate of drug-likeness (QED) is 0.606. The third-order valence-electron chi connectivity index (χ3n) is 5.03. The highest BCUT2D eigenvalue weighted by Gasteiger charge is 2.37. The molecule has 0 saturated carbocycles. The zero-order valence-corrected chi connectivity index (χ0v) is 20.1. The maximum absolute atomic E-state index is 13.2. The molecule has 0 aliphatic carbocycles. The van der Waals surface area contributed by atoms with Crippen LogP contribution >= 0.6 is 11.8 Å². The van der Waals surface area contributed by atoms with Gasteiger partial charge in [-0.2, -0.15) is 11.8 Å². The van der Waals surface area contributed by atoms with Crippen molar-refractivity contribution in [2.75, 3.05) is 12.8 Å². The summed E-state index contributed by atoms with van der Waals surface area (Å²) < 4.78 is 4.87. The van der Waals surface area contributed by atoms with E-state index < -0.39 is 22.5 Å². The summed E-state index contributed by atoms with van der Waals surface area (Å²) in [6.07, 6.45) is 1.32. The lowest BCUT2D eigenvalue weighted by Gasteiger charge is -2.33. The summed E-state index contributed by atoms with van der Waals surface area (Å²) in [5.41, 5.74) is 1.60. The number of nitrogens with one attached hydrogen (secondary N) is 2. The van der Waals surface area contributed by atoms with Gasteiger partial charge in [-0.25, -0.2) is 4.79 Å². The van der Waals surface area contributed by atoms with Gasteiger partial charge in [-0.15, -0.1) is 0 Å². The monoisotopic (exact) mass is 442 g/mol. The lowest BCUT2D eigenvalue weighted by atomic mass is 9.91. The van der Waals surface area contributed by atoms with E-state index in [9.17, 15) is 9.59 Å². The predicted octanol–water partition coefficient (Wildman–Crippen LogP) is 4.97. The summed E-state index contributed by atoms with van der Waals surface area (Å²) in [4.78, 5) is 25.6. The highest BCUT2D eigenvalue weighted by atomic mass is 32.2. The van der Waals surface area contributed by atoms with Crippen LogP contribution in [0.4, 0.5) is 4.79 Å². The number of carbonyl (C=O) groups is 2. The minimum atomic E-state index is -0.746. The summed E-state index contributed by atoms with van der Waals surface area (Å²) >= 11 is 1.52. The molecule has 1 atom stereocenters. The second-order valence-corrected chi connectivity index (χ2v) is 10.5. The SMILES string of the molecule is CSC(C)(C)C(NC(=O)OC(C)(C)C)C(=O)NCC(c1ccccc1)c1ccccc1. The second-order valence-electron chi connectivity index (χ2n) is 9.01. The maximum atomic E-state index is 13.2. The lowest BCUT2D eigenvalue weighted by Crippen LogP contribution is -2.57. The van der Waals surface area contributed by atoms with Gasteiger partial charge >= 0.3 is 6.09 Å². The van der Waals surface area contributed by atoms with Crippen LogP contribution in [0.1, 0.15) is 51.7 Å². The van der Waals surface area contributed by atoms with E-state index in [-0.39, 0.29) is 11.8 Å². The summed E-state index contributed by atoms with van der Waals surface area (Å²) in [7, 11) is 0. The van der Waals surface area contributed by atoms with Crippen molar-refractivity contribution in [2.24, 2.45) is 0 Å². The number of ether oxygens (including phenoxy) is 1. The Hall–Kier alpha value is -2.47. The zero-order chi connectivity index (χ0) is 23.1. The molecule has 2 aromatic carbocycles. The maximum Gasteiger partial charge on any atom is 0.408 e. The summed E-state index contributed by atoms with van der Waals surface area (Å²) in [6.45, 7) is 9.68. The molecular weight excluding hydrogens is 408 g/mol. The van der Waals surface area contributed by atoms with E-state index in [1.165, 1.54) is 11.8 Å². The van der Waals surface area contributed by atoms with Crippen molar-refractivity contribution in [3.63, 3.8) is 0 Å². The van der Waals surface area contributed by atoms with Gasteiger partial charge in [0.25, 0.3) is 0 Å². The van der Waals surface area contributed by atoms with Gasteiger partial charge < -0.3 is 15.4 Å². The number of benzene rings is 2. The Balaban J connectivity index is 2.19. The smallest absolute Gasteiger partial charge is 0.408 e. The minimum Gasteiger partial charge on any atom is -0.444 e. The lowest BCUT2D eigenvalue weighted by molar-refractivity contribution is -0.123. The molecule has 0 spiro atoms. The molecule has 0 bridgehead atoms. The largest absolute Gasteiger partial charge is 0.444 e. The Kier molecular flexibility index (Phi) is 8.57. The Bertz CT molecular complexity index is 809. The number of amides is 2. The van der Waals surface area contributed by atoms with E-state index in [2.05, 4.69) is 34.9 Å². The van der Waals surface area contributed by atoms with E-state index in [1.807, 2.05) is 56.5 Å². The van der Waals surface area contributed by atoms with Crippen molar-refractivity contribution in [2.45, 2.75) is 56.9 Å². The van der Waals surface area contributed by atoms with Crippen molar-refractivity contribution in [3.05, 3.63) is 71.8 Å². The third-order valence-corrected chi connectivity index (χ3v) is 6.32. The fourth-order valence-electron chi connectivity index (χ4n) is 3.20. The van der Waals surface area contributed by atoms with Gasteiger partial charge in [-0.05, 0) is 52.0 Å². The minimum absolute atomic E-state index is 0.00548. The van der Waals surface area contributed by atoms with Crippen LogP contribution in [0.3, 0.4) is 0 Å². The first-order valence-corrected chi connectivity index (χ1v) is 11.7. The van der Waals surface area contributed by atoms with E-state index in [1.54, 1.807) is 20.8 Å². The summed E-state index contributed by atoms with van der Waals surface area (Å²) in [5.74, 6) is -0.229. The molecular formula is C25H34N2O3S. The molecule has 0 fully saturated rings. The second kappa shape index (κ2) is 10.7. The molecule has 0 aliphatic rings. The molecule has 0 aliphatic heterocycles. The van der Waals surface area contributed by atoms with Crippen molar-refractivity contribution in [1.29, 1.82) is 0 Å². The van der Waals surface area contributed by atoms with E-state index in [0.717, 1.165) is 11.1 Å². The first-order chi connectivity index (χ1) is 14.5. The van der Waals surface area contributed by atoms with Crippen LogP contribution in [0.5, 0.6) is 0 Å². The van der Waals surface area contributed by atoms with Crippen molar-refractivity contribution in [1.82, 2.24) is 10.6 Å². The van der Waals surface area contributed by atoms with Crippen LogP contribution in [-0.2, 0) is 9.53 Å². The molecule has 1 unspecified atom stereocenters. The zero-order valence-electron chi connectivity index (χ0n) is 19.3. The predicted molar refractivity (Wildman–Crippen MR) is 128 cm³/mol. The first-order valence-electron chi connectivity index (χ1n) is 10.5. The van der Waals surface area contributed by atoms with Crippen LogP contribution in [0.15, 0.2) is 60.7 Å². The summed E-state index contributed by atoms with van der Waals surface area (Å²) in [6, 6.07) is 19.4. The number of carbonyl (C=O) groups excluding carboxylic acids is 2. The molecule has 2 aromatic rings. The Morgan fingerprint density at radius 1 is 0.903 bits per heavy atom. The van der Waals surface area contributed by atoms with Gasteiger partial charge in [0.2, 0.25) is 5.91 Å². The summed E-state index contributed by atoms with van der Waals surface area (Å²) in [5, 5.41) is 5.84. The molecule has 0 saturated heterocycles. The fraction of sp³-hybridized carbons (Fsp3) is 0.440. The van der Waals surface area contributed by atoms with Crippen molar-refractivity contribution < 1.29 is 14.3 Å². The molecule has 5 nitrogen and oxygen atoms in total. The van der Waals surface area contributed by atoms with E-state index in [0.29, 0.717) is 6.54 Å². The van der Waals surface area contributed by atoms with Crippen LogP contribution < -0.4 is 10.6 Å². The number of hydrogen-bond donors (Lipinski definition) is 2. The molecule has 0 heterocycles. The molecule has 2 rings (SSSR count). The van der Waals surface area contributed by atoms with Crippen LogP contribution in [0, 0.1) is 0 Å². The van der Waals surface area contributed by atoms with Gasteiger partial charge in [-0.3, -0.25) is 4.79 Å². The molecule has 31 heavy (non-hydrogen) atoms. The highest BCUT2D eigenvalue weighted by Crippen LogP contribution is 2.27. The van der Waals surface area contributed by atoms with Crippen LogP contribution in [-0.4, -0.2) is 41.2 Å². The molecule has 6 heteroatoms. The normalized spacial score (nSPS) is 12.9. The average molecular weight is 443 g/mol.